The molecule has 0 fully saturated rings. The summed E-state index contributed by atoms with van der Waals surface area (Å²) in [6.07, 6.45) is 6.59. The van der Waals surface area contributed by atoms with Gasteiger partial charge in [0.25, 0.3) is 0 Å². The molecule has 0 radical (unpaired) electrons. The third-order valence-corrected chi connectivity index (χ3v) is 1.77. The van der Waals surface area contributed by atoms with Crippen LogP contribution in [-0.4, -0.2) is 32.0 Å². The lowest BCUT2D eigenvalue weighted by molar-refractivity contribution is 0.710. The summed E-state index contributed by atoms with van der Waals surface area (Å²) in [6, 6.07) is 0. The molecule has 0 saturated carbocycles. The molecule has 14 heavy (non-hydrogen) atoms. The van der Waals surface area contributed by atoms with Gasteiger partial charge in [0, 0.05) is 6.54 Å². The van der Waals surface area contributed by atoms with Crippen molar-refractivity contribution in [2.24, 2.45) is 0 Å². The van der Waals surface area contributed by atoms with Crippen LogP contribution in [0.3, 0.4) is 0 Å². The maximum atomic E-state index is 3.95. The molecule has 0 atom stereocenters. The summed E-state index contributed by atoms with van der Waals surface area (Å²) < 4.78 is 1.70. The highest BCUT2D eigenvalue weighted by atomic mass is 15.4. The van der Waals surface area contributed by atoms with Crippen LogP contribution in [0.25, 0.3) is 5.69 Å². The fourth-order valence-corrected chi connectivity index (χ4v) is 1.18. The zero-order chi connectivity index (χ0) is 9.80. The number of nitrogens with zero attached hydrogens (tertiary/aromatic N) is 5. The first-order chi connectivity index (χ1) is 6.92. The average molecular weight is 190 g/mol. The zero-order valence-electron chi connectivity index (χ0n) is 7.75. The minimum Gasteiger partial charge on any atom is -0.314 e. The van der Waals surface area contributed by atoms with E-state index in [1.165, 1.54) is 6.33 Å². The Bertz CT molecular complexity index is 395. The molecule has 2 aromatic heterocycles. The second-order valence-electron chi connectivity index (χ2n) is 2.76. The van der Waals surface area contributed by atoms with Crippen LogP contribution < -0.4 is 5.32 Å². The highest BCUT2D eigenvalue weighted by molar-refractivity contribution is 5.24. The minimum atomic E-state index is 0.710. The maximum Gasteiger partial charge on any atom is 0.115 e. The van der Waals surface area contributed by atoms with Gasteiger partial charge in [-0.25, -0.2) is 14.6 Å². The van der Waals surface area contributed by atoms with E-state index in [1.807, 2.05) is 7.05 Å². The fraction of sp³-hybridized carbons (Fsp3) is 0.250. The number of aromatic nitrogens is 5. The van der Waals surface area contributed by atoms with Gasteiger partial charge >= 0.3 is 0 Å². The molecule has 6 nitrogen and oxygen atoms in total. The Labute approximate surface area is 81.0 Å². The molecule has 2 heterocycles. The molecule has 6 heteroatoms. The van der Waals surface area contributed by atoms with Crippen LogP contribution in [0.4, 0.5) is 0 Å². The first kappa shape index (κ1) is 8.76. The molecule has 0 aliphatic heterocycles. The van der Waals surface area contributed by atoms with Gasteiger partial charge < -0.3 is 5.32 Å². The van der Waals surface area contributed by atoms with Crippen molar-refractivity contribution in [1.29, 1.82) is 0 Å². The second-order valence-corrected chi connectivity index (χ2v) is 2.76. The summed E-state index contributed by atoms with van der Waals surface area (Å²) in [5.41, 5.74) is 1.79. The summed E-state index contributed by atoms with van der Waals surface area (Å²) in [5.74, 6) is 0. The van der Waals surface area contributed by atoms with E-state index in [4.69, 9.17) is 0 Å². The van der Waals surface area contributed by atoms with Gasteiger partial charge in [-0.3, -0.25) is 0 Å². The summed E-state index contributed by atoms with van der Waals surface area (Å²) >= 11 is 0. The van der Waals surface area contributed by atoms with Crippen molar-refractivity contribution in [3.05, 3.63) is 30.6 Å². The van der Waals surface area contributed by atoms with Crippen LogP contribution in [0, 0.1) is 0 Å². The topological polar surface area (TPSA) is 68.5 Å². The normalized spacial score (nSPS) is 10.4. The van der Waals surface area contributed by atoms with Crippen LogP contribution in [0.1, 0.15) is 5.69 Å². The first-order valence-electron chi connectivity index (χ1n) is 4.21. The van der Waals surface area contributed by atoms with E-state index in [0.29, 0.717) is 6.54 Å². The van der Waals surface area contributed by atoms with E-state index < -0.39 is 0 Å². The molecular weight excluding hydrogens is 180 g/mol. The van der Waals surface area contributed by atoms with Crippen LogP contribution in [-0.2, 0) is 6.54 Å². The minimum absolute atomic E-state index is 0.710. The fourth-order valence-electron chi connectivity index (χ4n) is 1.18. The molecule has 0 bridgehead atoms. The van der Waals surface area contributed by atoms with Crippen molar-refractivity contribution >= 4 is 0 Å². The van der Waals surface area contributed by atoms with E-state index >= 15 is 0 Å². The monoisotopic (exact) mass is 190 g/mol. The first-order valence-corrected chi connectivity index (χ1v) is 4.21. The predicted octanol–water partition coefficient (Wildman–Crippen LogP) is -0.223. The van der Waals surface area contributed by atoms with Gasteiger partial charge in [-0.2, -0.15) is 0 Å². The van der Waals surface area contributed by atoms with Crippen molar-refractivity contribution in [2.45, 2.75) is 6.54 Å². The highest BCUT2D eigenvalue weighted by Gasteiger charge is 2.04. The van der Waals surface area contributed by atoms with Crippen LogP contribution in [0.15, 0.2) is 24.9 Å². The Kier molecular flexibility index (Phi) is 2.46. The van der Waals surface area contributed by atoms with Gasteiger partial charge in [0.1, 0.15) is 12.0 Å². The van der Waals surface area contributed by atoms with Crippen molar-refractivity contribution < 1.29 is 0 Å². The lowest BCUT2D eigenvalue weighted by Gasteiger charge is -2.03. The summed E-state index contributed by atoms with van der Waals surface area (Å²) in [5, 5.41) is 10.8. The van der Waals surface area contributed by atoms with Crippen molar-refractivity contribution in [2.75, 3.05) is 7.05 Å². The van der Waals surface area contributed by atoms with E-state index in [9.17, 15) is 0 Å². The summed E-state index contributed by atoms with van der Waals surface area (Å²) in [7, 11) is 1.87. The molecule has 0 amide bonds. The Morgan fingerprint density at radius 3 is 2.79 bits per heavy atom. The molecule has 1 N–H and O–H groups in total. The third-order valence-electron chi connectivity index (χ3n) is 1.77. The van der Waals surface area contributed by atoms with Gasteiger partial charge in [-0.15, -0.1) is 5.10 Å². The number of hydrogen-bond acceptors (Lipinski definition) is 5. The smallest absolute Gasteiger partial charge is 0.115 e. The molecule has 0 aliphatic rings. The Morgan fingerprint density at radius 1 is 1.29 bits per heavy atom. The Hall–Kier alpha value is -1.82. The van der Waals surface area contributed by atoms with Crippen LogP contribution in [0.5, 0.6) is 0 Å². The molecule has 0 aromatic carbocycles. The molecule has 2 rings (SSSR count). The Morgan fingerprint density at radius 2 is 2.07 bits per heavy atom. The van der Waals surface area contributed by atoms with E-state index in [1.54, 1.807) is 23.3 Å². The largest absolute Gasteiger partial charge is 0.314 e. The highest BCUT2D eigenvalue weighted by Crippen LogP contribution is 2.05. The quantitative estimate of drug-likeness (QED) is 0.724. The van der Waals surface area contributed by atoms with Gasteiger partial charge in [0.15, 0.2) is 0 Å². The number of nitrogens with one attached hydrogen (secondary N) is 1. The molecule has 0 unspecified atom stereocenters. The lowest BCUT2D eigenvalue weighted by atomic mass is 10.4. The Balaban J connectivity index is 2.37. The molecular formula is C8H10N6. The SMILES string of the molecule is CNCc1cnnn1-c1cncnc1. The van der Waals surface area contributed by atoms with Gasteiger partial charge in [-0.1, -0.05) is 5.21 Å². The van der Waals surface area contributed by atoms with Gasteiger partial charge in [-0.05, 0) is 7.05 Å². The van der Waals surface area contributed by atoms with E-state index in [-0.39, 0.29) is 0 Å². The van der Waals surface area contributed by atoms with Crippen LogP contribution >= 0.6 is 0 Å². The average Bonchev–Trinajstić information content (AvgIpc) is 2.68. The number of hydrogen-bond donors (Lipinski definition) is 1. The second kappa shape index (κ2) is 3.93. The van der Waals surface area contributed by atoms with E-state index in [0.717, 1.165) is 11.4 Å². The molecule has 0 spiro atoms. The lowest BCUT2D eigenvalue weighted by Crippen LogP contribution is -2.11. The zero-order valence-corrected chi connectivity index (χ0v) is 7.75. The van der Waals surface area contributed by atoms with Gasteiger partial charge in [0.05, 0.1) is 24.3 Å². The molecule has 0 saturated heterocycles. The van der Waals surface area contributed by atoms with E-state index in [2.05, 4.69) is 25.6 Å². The summed E-state index contributed by atoms with van der Waals surface area (Å²) in [6.45, 7) is 0.710. The molecule has 2 aromatic rings. The molecule has 72 valence electrons. The summed E-state index contributed by atoms with van der Waals surface area (Å²) in [4.78, 5) is 7.84. The van der Waals surface area contributed by atoms with Crippen molar-refractivity contribution in [1.82, 2.24) is 30.3 Å². The maximum absolute atomic E-state index is 3.95. The third kappa shape index (κ3) is 1.60. The predicted molar refractivity (Wildman–Crippen MR) is 49.7 cm³/mol. The standard InChI is InChI=1S/C8H10N6/c1-9-2-7-5-12-13-14(7)8-3-10-6-11-4-8/h3-6,9H,2H2,1H3. The van der Waals surface area contributed by atoms with Gasteiger partial charge in [0.2, 0.25) is 0 Å². The molecule has 0 aliphatic carbocycles. The van der Waals surface area contributed by atoms with Crippen molar-refractivity contribution in [3.63, 3.8) is 0 Å². The van der Waals surface area contributed by atoms with Crippen molar-refractivity contribution in [3.8, 4) is 5.69 Å². The number of rotatable bonds is 3. The van der Waals surface area contributed by atoms with Crippen LogP contribution in [0.2, 0.25) is 0 Å².